The molecule has 2 fully saturated rings. The van der Waals surface area contributed by atoms with Gasteiger partial charge in [-0.3, -0.25) is 14.5 Å². The fourth-order valence-electron chi connectivity index (χ4n) is 5.07. The molecular formula is C27H35Cl2F3N4O3. The van der Waals surface area contributed by atoms with Crippen molar-refractivity contribution < 1.29 is 27.5 Å². The van der Waals surface area contributed by atoms with E-state index in [0.717, 1.165) is 45.1 Å². The maximum absolute atomic E-state index is 14.1. The van der Waals surface area contributed by atoms with Gasteiger partial charge in [0.15, 0.2) is 5.78 Å². The quantitative estimate of drug-likeness (QED) is 0.481. The molecule has 2 aliphatic rings. The average molecular weight is 592 g/mol. The number of hydrogen-bond acceptors (Lipinski definition) is 6. The zero-order chi connectivity index (χ0) is 26.6. The molecular weight excluding hydrogens is 556 g/mol. The molecule has 1 amide bonds. The predicted molar refractivity (Wildman–Crippen MR) is 150 cm³/mol. The highest BCUT2D eigenvalue weighted by atomic mass is 35.5. The van der Waals surface area contributed by atoms with Gasteiger partial charge < -0.3 is 19.9 Å². The Hall–Kier alpha value is -2.53. The van der Waals surface area contributed by atoms with Gasteiger partial charge in [-0.2, -0.15) is 13.2 Å². The van der Waals surface area contributed by atoms with Crippen LogP contribution in [0.2, 0.25) is 0 Å². The van der Waals surface area contributed by atoms with Crippen molar-refractivity contribution in [2.45, 2.75) is 25.1 Å². The number of nitrogens with zero attached hydrogens (tertiary/aromatic N) is 3. The normalized spacial score (nSPS) is 17.1. The second-order valence-corrected chi connectivity index (χ2v) is 9.59. The lowest BCUT2D eigenvalue weighted by Gasteiger charge is -2.42. The summed E-state index contributed by atoms with van der Waals surface area (Å²) in [5, 5.41) is 2.66. The monoisotopic (exact) mass is 590 g/mol. The molecule has 1 N–H and O–H groups in total. The number of hydrogen-bond donors (Lipinski definition) is 1. The van der Waals surface area contributed by atoms with Crippen LogP contribution in [0.25, 0.3) is 0 Å². The summed E-state index contributed by atoms with van der Waals surface area (Å²) in [7, 11) is 3.58. The Bertz CT molecular complexity index is 1100. The Morgan fingerprint density at radius 3 is 2.13 bits per heavy atom. The van der Waals surface area contributed by atoms with E-state index in [9.17, 15) is 22.8 Å². The van der Waals surface area contributed by atoms with Crippen LogP contribution in [0.15, 0.2) is 42.5 Å². The van der Waals surface area contributed by atoms with E-state index in [1.165, 1.54) is 43.5 Å². The van der Waals surface area contributed by atoms with E-state index < -0.39 is 23.1 Å². The first-order valence-corrected chi connectivity index (χ1v) is 12.5. The van der Waals surface area contributed by atoms with Crippen LogP contribution in [0.1, 0.15) is 34.3 Å². The van der Waals surface area contributed by atoms with E-state index in [2.05, 4.69) is 22.2 Å². The standard InChI is InChI=1S/C27H33F3N4O3.2ClH/c1-32-12-10-20(11-13-32)33-14-16-34(17-15-33)24(35)18-31-23-5-3-4-22(25(23)27(28,29)30)26(36)19-6-8-21(37-2)9-7-19;;/h3-9,20,31H,10-18H2,1-2H3;2*1H. The lowest BCUT2D eigenvalue weighted by molar-refractivity contribution is -0.137. The number of methoxy groups -OCH3 is 1. The lowest BCUT2D eigenvalue weighted by Crippen LogP contribution is -2.54. The molecule has 2 aromatic rings. The molecule has 12 heteroatoms. The summed E-state index contributed by atoms with van der Waals surface area (Å²) in [5.74, 6) is -0.522. The highest BCUT2D eigenvalue weighted by molar-refractivity contribution is 6.10. The van der Waals surface area contributed by atoms with Gasteiger partial charge >= 0.3 is 6.18 Å². The molecule has 0 aromatic heterocycles. The van der Waals surface area contributed by atoms with Crippen molar-refractivity contribution in [1.82, 2.24) is 14.7 Å². The fourth-order valence-corrected chi connectivity index (χ4v) is 5.07. The van der Waals surface area contributed by atoms with E-state index in [4.69, 9.17) is 4.74 Å². The molecule has 4 rings (SSSR count). The minimum absolute atomic E-state index is 0. The van der Waals surface area contributed by atoms with Crippen molar-refractivity contribution >= 4 is 42.2 Å². The van der Waals surface area contributed by atoms with Crippen LogP contribution >= 0.6 is 24.8 Å². The number of halogens is 5. The van der Waals surface area contributed by atoms with Crippen molar-refractivity contribution in [3.8, 4) is 5.75 Å². The number of likely N-dealkylation sites (tertiary alicyclic amines) is 1. The van der Waals surface area contributed by atoms with E-state index in [1.807, 2.05) is 0 Å². The summed E-state index contributed by atoms with van der Waals surface area (Å²) in [4.78, 5) is 32.2. The van der Waals surface area contributed by atoms with Crippen LogP contribution < -0.4 is 10.1 Å². The number of ketones is 1. The van der Waals surface area contributed by atoms with Gasteiger partial charge in [0, 0.05) is 49.0 Å². The third-order valence-electron chi connectivity index (χ3n) is 7.25. The number of benzene rings is 2. The van der Waals surface area contributed by atoms with Crippen molar-refractivity contribution in [1.29, 1.82) is 0 Å². The molecule has 0 spiro atoms. The van der Waals surface area contributed by atoms with E-state index in [-0.39, 0.29) is 48.5 Å². The van der Waals surface area contributed by atoms with E-state index in [1.54, 1.807) is 4.90 Å². The summed E-state index contributed by atoms with van der Waals surface area (Å²) in [6.07, 6.45) is -2.57. The molecule has 2 saturated heterocycles. The van der Waals surface area contributed by atoms with E-state index in [0.29, 0.717) is 24.9 Å². The minimum atomic E-state index is -4.79. The molecule has 0 atom stereocenters. The predicted octanol–water partition coefficient (Wildman–Crippen LogP) is 4.44. The van der Waals surface area contributed by atoms with Crippen LogP contribution in [-0.2, 0) is 11.0 Å². The zero-order valence-electron chi connectivity index (χ0n) is 22.0. The first-order valence-electron chi connectivity index (χ1n) is 12.5. The molecule has 39 heavy (non-hydrogen) atoms. The number of carbonyl (C=O) groups is 2. The highest BCUT2D eigenvalue weighted by Gasteiger charge is 2.38. The van der Waals surface area contributed by atoms with Crippen LogP contribution in [0.5, 0.6) is 5.75 Å². The highest BCUT2D eigenvalue weighted by Crippen LogP contribution is 2.38. The van der Waals surface area contributed by atoms with Gasteiger partial charge in [0.1, 0.15) is 5.75 Å². The Morgan fingerprint density at radius 2 is 1.56 bits per heavy atom. The van der Waals surface area contributed by atoms with Crippen molar-refractivity contribution in [3.63, 3.8) is 0 Å². The zero-order valence-corrected chi connectivity index (χ0v) is 23.6. The Balaban J connectivity index is 0.00000267. The van der Waals surface area contributed by atoms with Crippen LogP contribution in [0.3, 0.4) is 0 Å². The van der Waals surface area contributed by atoms with Gasteiger partial charge in [-0.05, 0) is 63.3 Å². The summed E-state index contributed by atoms with van der Waals surface area (Å²) in [6.45, 7) is 4.48. The molecule has 0 bridgehead atoms. The van der Waals surface area contributed by atoms with Crippen LogP contribution in [0.4, 0.5) is 18.9 Å². The summed E-state index contributed by atoms with van der Waals surface area (Å²) in [5.41, 5.74) is -1.72. The number of alkyl halides is 3. The molecule has 2 aliphatic heterocycles. The molecule has 7 nitrogen and oxygen atoms in total. The molecule has 0 aliphatic carbocycles. The first kappa shape index (κ1) is 32.7. The molecule has 216 valence electrons. The maximum atomic E-state index is 14.1. The smallest absolute Gasteiger partial charge is 0.419 e. The Morgan fingerprint density at radius 1 is 0.949 bits per heavy atom. The first-order chi connectivity index (χ1) is 17.7. The average Bonchev–Trinajstić information content (AvgIpc) is 2.91. The number of ether oxygens (including phenoxy) is 1. The largest absolute Gasteiger partial charge is 0.497 e. The molecule has 0 saturated carbocycles. The Kier molecular flexibility index (Phi) is 11.9. The van der Waals surface area contributed by atoms with Crippen LogP contribution in [0, 0.1) is 0 Å². The lowest BCUT2D eigenvalue weighted by atomic mass is 9.96. The summed E-state index contributed by atoms with van der Waals surface area (Å²) >= 11 is 0. The van der Waals surface area contributed by atoms with Gasteiger partial charge in [-0.25, -0.2) is 0 Å². The van der Waals surface area contributed by atoms with Crippen molar-refractivity contribution in [2.75, 3.05) is 65.3 Å². The van der Waals surface area contributed by atoms with Gasteiger partial charge in [-0.1, -0.05) is 12.1 Å². The van der Waals surface area contributed by atoms with Gasteiger partial charge in [0.2, 0.25) is 5.91 Å². The van der Waals surface area contributed by atoms with Gasteiger partial charge in [0.05, 0.1) is 19.2 Å². The van der Waals surface area contributed by atoms with Crippen molar-refractivity contribution in [2.24, 2.45) is 0 Å². The third-order valence-corrected chi connectivity index (χ3v) is 7.25. The molecule has 2 aromatic carbocycles. The summed E-state index contributed by atoms with van der Waals surface area (Å²) in [6, 6.07) is 10.2. The van der Waals surface area contributed by atoms with E-state index >= 15 is 0 Å². The SMILES string of the molecule is COc1ccc(C(=O)c2cccc(NCC(=O)N3CCN(C4CCN(C)CC4)CC3)c2C(F)(F)F)cc1.Cl.Cl. The number of carbonyl (C=O) groups excluding carboxylic acids is 2. The maximum Gasteiger partial charge on any atom is 0.419 e. The summed E-state index contributed by atoms with van der Waals surface area (Å²) < 4.78 is 47.4. The third kappa shape index (κ3) is 8.00. The number of piperazine rings is 1. The topological polar surface area (TPSA) is 65.1 Å². The second-order valence-electron chi connectivity index (χ2n) is 9.59. The van der Waals surface area contributed by atoms with Crippen LogP contribution in [-0.4, -0.2) is 92.4 Å². The van der Waals surface area contributed by atoms with Crippen molar-refractivity contribution in [3.05, 3.63) is 59.2 Å². The number of nitrogens with one attached hydrogen (secondary N) is 1. The Labute approximate surface area is 239 Å². The minimum Gasteiger partial charge on any atom is -0.497 e. The molecule has 0 unspecified atom stereocenters. The molecule has 0 radical (unpaired) electrons. The molecule has 2 heterocycles. The second kappa shape index (κ2) is 14.2. The number of anilines is 1. The van der Waals surface area contributed by atoms with Gasteiger partial charge in [0.25, 0.3) is 0 Å². The number of piperidine rings is 1. The number of rotatable bonds is 7. The number of amides is 1. The van der Waals surface area contributed by atoms with Gasteiger partial charge in [-0.15, -0.1) is 24.8 Å². The fraction of sp³-hybridized carbons (Fsp3) is 0.481.